The Balaban J connectivity index is 2.01. The predicted octanol–water partition coefficient (Wildman–Crippen LogP) is 3.86. The van der Waals surface area contributed by atoms with E-state index < -0.39 is 0 Å². The zero-order chi connectivity index (χ0) is 12.4. The fourth-order valence-electron chi connectivity index (χ4n) is 2.14. The highest BCUT2D eigenvalue weighted by molar-refractivity contribution is 6.08. The number of Topliss-reactive ketones (excluding diaryl/α,β-unsaturated/α-hetero) is 1. The van der Waals surface area contributed by atoms with Crippen LogP contribution in [0.2, 0.25) is 0 Å². The quantitative estimate of drug-likeness (QED) is 0.646. The number of fused-ring (bicyclic) bond motifs is 1. The summed E-state index contributed by atoms with van der Waals surface area (Å²) in [7, 11) is 0. The van der Waals surface area contributed by atoms with Gasteiger partial charge in [0.05, 0.1) is 12.5 Å². The van der Waals surface area contributed by atoms with Gasteiger partial charge in [0.15, 0.2) is 5.78 Å². The number of hydrogen-bond donors (Lipinski definition) is 0. The minimum Gasteiger partial charge on any atom is -0.472 e. The van der Waals surface area contributed by atoms with Crippen molar-refractivity contribution < 1.29 is 9.21 Å². The van der Waals surface area contributed by atoms with E-state index in [0.717, 1.165) is 21.9 Å². The van der Waals surface area contributed by atoms with Crippen molar-refractivity contribution in [1.82, 2.24) is 0 Å². The van der Waals surface area contributed by atoms with Gasteiger partial charge in [-0.1, -0.05) is 42.5 Å². The molecule has 2 aromatic carbocycles. The maximum Gasteiger partial charge on any atom is 0.167 e. The standard InChI is InChI=1S/C16H12O2/c17-16(10-12-8-9-18-11-12)15-7-3-5-13-4-1-2-6-14(13)15/h1-9,11H,10H2. The molecule has 0 atom stereocenters. The number of furan rings is 1. The molecule has 88 valence electrons. The van der Waals surface area contributed by atoms with E-state index in [4.69, 9.17) is 4.42 Å². The van der Waals surface area contributed by atoms with Crippen molar-refractivity contribution in [3.63, 3.8) is 0 Å². The minimum atomic E-state index is 0.119. The van der Waals surface area contributed by atoms with Gasteiger partial charge in [0.25, 0.3) is 0 Å². The van der Waals surface area contributed by atoms with Crippen LogP contribution < -0.4 is 0 Å². The highest BCUT2D eigenvalue weighted by atomic mass is 16.3. The molecule has 0 fully saturated rings. The lowest BCUT2D eigenvalue weighted by atomic mass is 9.98. The molecular weight excluding hydrogens is 224 g/mol. The summed E-state index contributed by atoms with van der Waals surface area (Å²) in [5, 5.41) is 2.10. The van der Waals surface area contributed by atoms with Gasteiger partial charge in [0.1, 0.15) is 0 Å². The SMILES string of the molecule is O=C(Cc1ccoc1)c1cccc2ccccc12. The van der Waals surface area contributed by atoms with Gasteiger partial charge in [0, 0.05) is 12.0 Å². The van der Waals surface area contributed by atoms with Crippen LogP contribution in [0.1, 0.15) is 15.9 Å². The normalized spacial score (nSPS) is 10.7. The summed E-state index contributed by atoms with van der Waals surface area (Å²) in [6.45, 7) is 0. The molecule has 0 aliphatic rings. The van der Waals surface area contributed by atoms with E-state index in [2.05, 4.69) is 0 Å². The number of hydrogen-bond acceptors (Lipinski definition) is 2. The van der Waals surface area contributed by atoms with E-state index in [1.165, 1.54) is 0 Å². The van der Waals surface area contributed by atoms with Crippen LogP contribution in [0.4, 0.5) is 0 Å². The van der Waals surface area contributed by atoms with Crippen LogP contribution in [-0.4, -0.2) is 5.78 Å². The molecular formula is C16H12O2. The largest absolute Gasteiger partial charge is 0.472 e. The maximum atomic E-state index is 12.3. The molecule has 3 rings (SSSR count). The van der Waals surface area contributed by atoms with Gasteiger partial charge in [-0.2, -0.15) is 0 Å². The molecule has 3 aromatic rings. The fraction of sp³-hybridized carbons (Fsp3) is 0.0625. The van der Waals surface area contributed by atoms with Gasteiger partial charge >= 0.3 is 0 Å². The topological polar surface area (TPSA) is 30.2 Å². The molecule has 0 amide bonds. The molecule has 2 heteroatoms. The van der Waals surface area contributed by atoms with E-state index in [9.17, 15) is 4.79 Å². The van der Waals surface area contributed by atoms with E-state index in [-0.39, 0.29) is 5.78 Å². The van der Waals surface area contributed by atoms with E-state index in [1.54, 1.807) is 12.5 Å². The second kappa shape index (κ2) is 4.49. The van der Waals surface area contributed by atoms with E-state index in [0.29, 0.717) is 6.42 Å². The molecule has 18 heavy (non-hydrogen) atoms. The zero-order valence-electron chi connectivity index (χ0n) is 9.80. The summed E-state index contributed by atoms with van der Waals surface area (Å²) in [6.07, 6.45) is 3.58. The Kier molecular flexibility index (Phi) is 2.69. The molecule has 0 N–H and O–H groups in total. The van der Waals surface area contributed by atoms with Crippen LogP contribution in [0.5, 0.6) is 0 Å². The van der Waals surface area contributed by atoms with Gasteiger partial charge in [-0.15, -0.1) is 0 Å². The highest BCUT2D eigenvalue weighted by Crippen LogP contribution is 2.20. The molecule has 0 spiro atoms. The van der Waals surface area contributed by atoms with Crippen LogP contribution in [0, 0.1) is 0 Å². The first kappa shape index (κ1) is 10.8. The Morgan fingerprint density at radius 2 is 1.83 bits per heavy atom. The summed E-state index contributed by atoms with van der Waals surface area (Å²) in [6, 6.07) is 15.6. The van der Waals surface area contributed by atoms with E-state index >= 15 is 0 Å². The number of benzene rings is 2. The third-order valence-corrected chi connectivity index (χ3v) is 3.03. The Bertz CT molecular complexity index is 676. The second-order valence-corrected chi connectivity index (χ2v) is 4.26. The van der Waals surface area contributed by atoms with Gasteiger partial charge in [-0.05, 0) is 22.4 Å². The smallest absolute Gasteiger partial charge is 0.167 e. The van der Waals surface area contributed by atoms with Crippen LogP contribution in [0.25, 0.3) is 10.8 Å². The molecule has 1 heterocycles. The summed E-state index contributed by atoms with van der Waals surface area (Å²) in [5.74, 6) is 0.119. The molecule has 0 aliphatic heterocycles. The Morgan fingerprint density at radius 3 is 2.67 bits per heavy atom. The average molecular weight is 236 g/mol. The lowest BCUT2D eigenvalue weighted by molar-refractivity contribution is 0.0994. The fourth-order valence-corrected chi connectivity index (χ4v) is 2.14. The summed E-state index contributed by atoms with van der Waals surface area (Å²) in [4.78, 5) is 12.3. The molecule has 0 unspecified atom stereocenters. The molecule has 0 radical (unpaired) electrons. The zero-order valence-corrected chi connectivity index (χ0v) is 9.80. The average Bonchev–Trinajstić information content (AvgIpc) is 2.91. The van der Waals surface area contributed by atoms with Crippen LogP contribution in [-0.2, 0) is 6.42 Å². The lowest BCUT2D eigenvalue weighted by Crippen LogP contribution is -2.03. The summed E-state index contributed by atoms with van der Waals surface area (Å²) >= 11 is 0. The van der Waals surface area contributed by atoms with Gasteiger partial charge in [-0.3, -0.25) is 4.79 Å². The monoisotopic (exact) mass is 236 g/mol. The van der Waals surface area contributed by atoms with Crippen molar-refractivity contribution >= 4 is 16.6 Å². The van der Waals surface area contributed by atoms with Gasteiger partial charge in [-0.25, -0.2) is 0 Å². The van der Waals surface area contributed by atoms with Gasteiger partial charge in [0.2, 0.25) is 0 Å². The summed E-state index contributed by atoms with van der Waals surface area (Å²) in [5.41, 5.74) is 1.68. The van der Waals surface area contributed by atoms with Gasteiger partial charge < -0.3 is 4.42 Å². The molecule has 0 saturated heterocycles. The first-order valence-electron chi connectivity index (χ1n) is 5.86. The first-order valence-corrected chi connectivity index (χ1v) is 5.86. The number of rotatable bonds is 3. The third kappa shape index (κ3) is 1.93. The Morgan fingerprint density at radius 1 is 1.00 bits per heavy atom. The van der Waals surface area contributed by atoms with Crippen molar-refractivity contribution in [2.45, 2.75) is 6.42 Å². The highest BCUT2D eigenvalue weighted by Gasteiger charge is 2.10. The third-order valence-electron chi connectivity index (χ3n) is 3.03. The van der Waals surface area contributed by atoms with Crippen molar-refractivity contribution in [3.05, 3.63) is 72.2 Å². The van der Waals surface area contributed by atoms with Crippen molar-refractivity contribution in [1.29, 1.82) is 0 Å². The molecule has 0 aliphatic carbocycles. The predicted molar refractivity (Wildman–Crippen MR) is 70.7 cm³/mol. The van der Waals surface area contributed by atoms with Crippen molar-refractivity contribution in [2.75, 3.05) is 0 Å². The van der Waals surface area contributed by atoms with E-state index in [1.807, 2.05) is 48.5 Å². The molecule has 0 bridgehead atoms. The number of carbonyl (C=O) groups is 1. The van der Waals surface area contributed by atoms with Crippen LogP contribution in [0.3, 0.4) is 0 Å². The van der Waals surface area contributed by atoms with Crippen LogP contribution >= 0.6 is 0 Å². The maximum absolute atomic E-state index is 12.3. The molecule has 0 saturated carbocycles. The number of carbonyl (C=O) groups excluding carboxylic acids is 1. The molecule has 1 aromatic heterocycles. The van der Waals surface area contributed by atoms with Crippen molar-refractivity contribution in [2.24, 2.45) is 0 Å². The Hall–Kier alpha value is -2.35. The molecule has 2 nitrogen and oxygen atoms in total. The lowest BCUT2D eigenvalue weighted by Gasteiger charge is -2.04. The van der Waals surface area contributed by atoms with Crippen molar-refractivity contribution in [3.8, 4) is 0 Å². The first-order chi connectivity index (χ1) is 8.84. The summed E-state index contributed by atoms with van der Waals surface area (Å²) < 4.78 is 4.99. The van der Waals surface area contributed by atoms with Crippen LogP contribution in [0.15, 0.2) is 65.5 Å². The number of ketones is 1. The minimum absolute atomic E-state index is 0.119. The second-order valence-electron chi connectivity index (χ2n) is 4.26. The Labute approximate surface area is 105 Å².